The Balaban J connectivity index is 1.89. The van der Waals surface area contributed by atoms with E-state index in [2.05, 4.69) is 10.6 Å². The average molecular weight is 252 g/mol. The third kappa shape index (κ3) is 3.27. The third-order valence-corrected chi connectivity index (χ3v) is 3.06. The summed E-state index contributed by atoms with van der Waals surface area (Å²) in [4.78, 5) is 11.8. The molecule has 2 atom stereocenters. The van der Waals surface area contributed by atoms with Crippen LogP contribution >= 0.6 is 0 Å². The maximum absolute atomic E-state index is 13.0. The number of methoxy groups -OCH3 is 1. The van der Waals surface area contributed by atoms with Crippen molar-refractivity contribution in [2.45, 2.75) is 18.6 Å². The van der Waals surface area contributed by atoms with Crippen LogP contribution < -0.4 is 10.6 Å². The monoisotopic (exact) mass is 252 g/mol. The summed E-state index contributed by atoms with van der Waals surface area (Å²) in [7, 11) is 1.63. The van der Waals surface area contributed by atoms with Gasteiger partial charge in [0.05, 0.1) is 18.6 Å². The quantitative estimate of drug-likeness (QED) is 0.819. The van der Waals surface area contributed by atoms with Crippen LogP contribution in [0.15, 0.2) is 24.3 Å². The highest BCUT2D eigenvalue weighted by Crippen LogP contribution is 2.07. The van der Waals surface area contributed by atoms with Gasteiger partial charge >= 0.3 is 0 Å². The van der Waals surface area contributed by atoms with E-state index in [4.69, 9.17) is 4.74 Å². The lowest BCUT2D eigenvalue weighted by molar-refractivity contribution is -0.121. The van der Waals surface area contributed by atoms with Crippen LogP contribution in [-0.4, -0.2) is 38.3 Å². The van der Waals surface area contributed by atoms with Gasteiger partial charge < -0.3 is 15.4 Å². The Hall–Kier alpha value is -1.46. The lowest BCUT2D eigenvalue weighted by atomic mass is 10.1. The molecule has 98 valence electrons. The fourth-order valence-corrected chi connectivity index (χ4v) is 2.14. The highest BCUT2D eigenvalue weighted by Gasteiger charge is 2.27. The lowest BCUT2D eigenvalue weighted by Gasteiger charge is -2.18. The number of rotatable bonds is 4. The van der Waals surface area contributed by atoms with Gasteiger partial charge in [-0.15, -0.1) is 0 Å². The van der Waals surface area contributed by atoms with E-state index < -0.39 is 0 Å². The first-order valence-electron chi connectivity index (χ1n) is 5.96. The molecule has 18 heavy (non-hydrogen) atoms. The van der Waals surface area contributed by atoms with E-state index in [0.717, 1.165) is 6.54 Å². The SMILES string of the molecule is CO[C@H]1CNCC1NC(=O)Cc1cccc(F)c1. The Bertz CT molecular complexity index is 425. The number of hydrogen-bond acceptors (Lipinski definition) is 3. The molecule has 1 saturated heterocycles. The first kappa shape index (κ1) is 13.0. The summed E-state index contributed by atoms with van der Waals surface area (Å²) in [5.74, 6) is -0.436. The summed E-state index contributed by atoms with van der Waals surface area (Å²) in [6.45, 7) is 1.44. The first-order chi connectivity index (χ1) is 8.69. The van der Waals surface area contributed by atoms with Crippen LogP contribution in [-0.2, 0) is 16.0 Å². The molecule has 2 N–H and O–H groups in total. The van der Waals surface area contributed by atoms with E-state index >= 15 is 0 Å². The second kappa shape index (κ2) is 5.93. The molecule has 1 unspecified atom stereocenters. The van der Waals surface area contributed by atoms with Crippen molar-refractivity contribution in [3.05, 3.63) is 35.6 Å². The molecule has 0 bridgehead atoms. The van der Waals surface area contributed by atoms with Gasteiger partial charge in [-0.1, -0.05) is 12.1 Å². The molecular formula is C13H17FN2O2. The number of benzene rings is 1. The van der Waals surface area contributed by atoms with Crippen LogP contribution in [0.25, 0.3) is 0 Å². The van der Waals surface area contributed by atoms with Crippen molar-refractivity contribution in [3.8, 4) is 0 Å². The predicted octanol–water partition coefficient (Wildman–Crippen LogP) is 0.471. The van der Waals surface area contributed by atoms with Crippen molar-refractivity contribution < 1.29 is 13.9 Å². The van der Waals surface area contributed by atoms with E-state index in [1.807, 2.05) is 0 Å². The fraction of sp³-hybridized carbons (Fsp3) is 0.462. The van der Waals surface area contributed by atoms with E-state index in [1.165, 1.54) is 12.1 Å². The average Bonchev–Trinajstić information content (AvgIpc) is 2.76. The highest BCUT2D eigenvalue weighted by atomic mass is 19.1. The van der Waals surface area contributed by atoms with Crippen molar-refractivity contribution in [1.82, 2.24) is 10.6 Å². The van der Waals surface area contributed by atoms with Gasteiger partial charge in [0.25, 0.3) is 0 Å². The molecule has 1 aliphatic rings. The molecule has 1 amide bonds. The normalized spacial score (nSPS) is 23.0. The number of nitrogens with one attached hydrogen (secondary N) is 2. The summed E-state index contributed by atoms with van der Waals surface area (Å²) in [5, 5.41) is 6.05. The number of carbonyl (C=O) groups excluding carboxylic acids is 1. The van der Waals surface area contributed by atoms with Crippen LogP contribution in [0.2, 0.25) is 0 Å². The number of ether oxygens (including phenoxy) is 1. The third-order valence-electron chi connectivity index (χ3n) is 3.06. The lowest BCUT2D eigenvalue weighted by Crippen LogP contribution is -2.44. The summed E-state index contributed by atoms with van der Waals surface area (Å²) in [6.07, 6.45) is 0.187. The summed E-state index contributed by atoms with van der Waals surface area (Å²) >= 11 is 0. The molecule has 1 aliphatic heterocycles. The predicted molar refractivity (Wildman–Crippen MR) is 65.7 cm³/mol. The minimum absolute atomic E-state index is 0.00135. The molecule has 5 heteroatoms. The Morgan fingerprint density at radius 3 is 3.11 bits per heavy atom. The minimum atomic E-state index is -0.322. The van der Waals surface area contributed by atoms with Crippen LogP contribution in [0.4, 0.5) is 4.39 Å². The standard InChI is InChI=1S/C13H17FN2O2/c1-18-12-8-15-7-11(12)16-13(17)6-9-3-2-4-10(14)5-9/h2-5,11-12,15H,6-8H2,1H3,(H,16,17)/t11?,12-/m0/s1. The van der Waals surface area contributed by atoms with Gasteiger partial charge in [0, 0.05) is 20.2 Å². The molecule has 1 fully saturated rings. The molecule has 0 aromatic heterocycles. The largest absolute Gasteiger partial charge is 0.378 e. The van der Waals surface area contributed by atoms with E-state index in [9.17, 15) is 9.18 Å². The molecule has 1 heterocycles. The highest BCUT2D eigenvalue weighted by molar-refractivity contribution is 5.79. The van der Waals surface area contributed by atoms with E-state index in [0.29, 0.717) is 12.1 Å². The van der Waals surface area contributed by atoms with E-state index in [1.54, 1.807) is 19.2 Å². The molecule has 2 rings (SSSR count). The minimum Gasteiger partial charge on any atom is -0.378 e. The van der Waals surface area contributed by atoms with Gasteiger partial charge in [0.2, 0.25) is 5.91 Å². The first-order valence-corrected chi connectivity index (χ1v) is 5.96. The zero-order valence-corrected chi connectivity index (χ0v) is 10.3. The van der Waals surface area contributed by atoms with Crippen molar-refractivity contribution in [3.63, 3.8) is 0 Å². The Kier molecular flexibility index (Phi) is 4.28. The van der Waals surface area contributed by atoms with Gasteiger partial charge in [0.15, 0.2) is 0 Å². The van der Waals surface area contributed by atoms with Crippen molar-refractivity contribution in [1.29, 1.82) is 0 Å². The number of amides is 1. The van der Waals surface area contributed by atoms with Gasteiger partial charge in [-0.2, -0.15) is 0 Å². The topological polar surface area (TPSA) is 50.4 Å². The van der Waals surface area contributed by atoms with Crippen molar-refractivity contribution in [2.75, 3.05) is 20.2 Å². The summed E-state index contributed by atoms with van der Waals surface area (Å²) in [5.41, 5.74) is 0.674. The van der Waals surface area contributed by atoms with Crippen LogP contribution in [0.1, 0.15) is 5.56 Å². The molecule has 1 aromatic rings. The zero-order chi connectivity index (χ0) is 13.0. The Morgan fingerprint density at radius 1 is 1.56 bits per heavy atom. The fourth-order valence-electron chi connectivity index (χ4n) is 2.14. The van der Waals surface area contributed by atoms with Gasteiger partial charge in [-0.3, -0.25) is 4.79 Å². The molecule has 0 aliphatic carbocycles. The molecular weight excluding hydrogens is 235 g/mol. The van der Waals surface area contributed by atoms with Crippen molar-refractivity contribution in [2.24, 2.45) is 0 Å². The van der Waals surface area contributed by atoms with Gasteiger partial charge in [-0.25, -0.2) is 4.39 Å². The number of hydrogen-bond donors (Lipinski definition) is 2. The van der Waals surface area contributed by atoms with Crippen LogP contribution in [0.5, 0.6) is 0 Å². The van der Waals surface area contributed by atoms with Crippen molar-refractivity contribution >= 4 is 5.91 Å². The number of halogens is 1. The molecule has 4 nitrogen and oxygen atoms in total. The summed E-state index contributed by atoms with van der Waals surface area (Å²) < 4.78 is 18.2. The Morgan fingerprint density at radius 2 is 2.39 bits per heavy atom. The molecule has 0 saturated carbocycles. The molecule has 0 radical (unpaired) electrons. The number of carbonyl (C=O) groups is 1. The second-order valence-electron chi connectivity index (χ2n) is 4.41. The molecule has 1 aromatic carbocycles. The maximum Gasteiger partial charge on any atom is 0.224 e. The Labute approximate surface area is 106 Å². The summed E-state index contributed by atoms with van der Waals surface area (Å²) in [6, 6.07) is 6.07. The second-order valence-corrected chi connectivity index (χ2v) is 4.41. The van der Waals surface area contributed by atoms with Gasteiger partial charge in [0.1, 0.15) is 5.82 Å². The molecule has 0 spiro atoms. The zero-order valence-electron chi connectivity index (χ0n) is 10.3. The van der Waals surface area contributed by atoms with Crippen LogP contribution in [0, 0.1) is 5.82 Å². The smallest absolute Gasteiger partial charge is 0.224 e. The van der Waals surface area contributed by atoms with E-state index in [-0.39, 0.29) is 30.3 Å². The maximum atomic E-state index is 13.0. The van der Waals surface area contributed by atoms with Gasteiger partial charge in [-0.05, 0) is 17.7 Å². The van der Waals surface area contributed by atoms with Crippen LogP contribution in [0.3, 0.4) is 0 Å².